The second kappa shape index (κ2) is 6.00. The molecule has 1 amide bonds. The Bertz CT molecular complexity index is 655. The highest BCUT2D eigenvalue weighted by atomic mass is 32.2. The number of carbonyl (C=O) groups excluding carboxylic acids is 1. The summed E-state index contributed by atoms with van der Waals surface area (Å²) in [5.74, 6) is 0.0767. The first-order valence-electron chi connectivity index (χ1n) is 7.72. The summed E-state index contributed by atoms with van der Waals surface area (Å²) in [6.07, 6.45) is 6.29. The highest BCUT2D eigenvalue weighted by Crippen LogP contribution is 2.21. The van der Waals surface area contributed by atoms with E-state index in [1.807, 2.05) is 22.7 Å². The van der Waals surface area contributed by atoms with Crippen LogP contribution < -0.4 is 0 Å². The predicted molar refractivity (Wildman–Crippen MR) is 81.7 cm³/mol. The molecule has 0 bridgehead atoms. The molecule has 2 aliphatic heterocycles. The van der Waals surface area contributed by atoms with Crippen molar-refractivity contribution in [2.45, 2.75) is 38.8 Å². The van der Waals surface area contributed by atoms with Crippen LogP contribution in [0.5, 0.6) is 0 Å². The number of carbonyl (C=O) groups is 1. The lowest BCUT2D eigenvalue weighted by molar-refractivity contribution is -0.132. The van der Waals surface area contributed by atoms with Gasteiger partial charge in [0.2, 0.25) is 15.9 Å². The average Bonchev–Trinajstić information content (AvgIpc) is 3.13. The number of sulfonamides is 1. The van der Waals surface area contributed by atoms with Crippen molar-refractivity contribution in [1.29, 1.82) is 0 Å². The van der Waals surface area contributed by atoms with E-state index in [1.54, 1.807) is 6.20 Å². The minimum Gasteiger partial charge on any atom is -0.337 e. The highest BCUT2D eigenvalue weighted by Gasteiger charge is 2.34. The molecule has 8 heteroatoms. The van der Waals surface area contributed by atoms with E-state index in [2.05, 4.69) is 5.10 Å². The van der Waals surface area contributed by atoms with Crippen molar-refractivity contribution in [3.8, 4) is 0 Å². The van der Waals surface area contributed by atoms with Gasteiger partial charge < -0.3 is 4.90 Å². The fourth-order valence-electron chi connectivity index (χ4n) is 3.25. The largest absolute Gasteiger partial charge is 0.337 e. The maximum Gasteiger partial charge on any atom is 0.238 e. The first kappa shape index (κ1) is 15.5. The third-order valence-corrected chi connectivity index (χ3v) is 6.28. The van der Waals surface area contributed by atoms with Gasteiger partial charge in [0.15, 0.2) is 0 Å². The van der Waals surface area contributed by atoms with E-state index in [0.29, 0.717) is 26.1 Å². The van der Waals surface area contributed by atoms with Gasteiger partial charge in [-0.2, -0.15) is 9.40 Å². The van der Waals surface area contributed by atoms with Gasteiger partial charge in [-0.25, -0.2) is 8.42 Å². The topological polar surface area (TPSA) is 75.5 Å². The average molecular weight is 326 g/mol. The summed E-state index contributed by atoms with van der Waals surface area (Å²) in [7, 11) is -3.22. The molecule has 2 fully saturated rings. The molecule has 1 atom stereocenters. The van der Waals surface area contributed by atoms with Gasteiger partial charge in [-0.15, -0.1) is 0 Å². The van der Waals surface area contributed by atoms with E-state index in [0.717, 1.165) is 18.4 Å². The van der Waals surface area contributed by atoms with E-state index in [1.165, 1.54) is 4.31 Å². The number of aromatic nitrogens is 2. The van der Waals surface area contributed by atoms with Crippen LogP contribution in [0.25, 0.3) is 0 Å². The van der Waals surface area contributed by atoms with Gasteiger partial charge in [0.25, 0.3) is 0 Å². The first-order valence-corrected chi connectivity index (χ1v) is 9.33. The molecule has 122 valence electrons. The molecule has 3 heterocycles. The van der Waals surface area contributed by atoms with Crippen LogP contribution in [0.15, 0.2) is 12.4 Å². The van der Waals surface area contributed by atoms with Crippen LogP contribution in [0.1, 0.15) is 24.8 Å². The normalized spacial score (nSPS) is 25.0. The van der Waals surface area contributed by atoms with Gasteiger partial charge in [-0.05, 0) is 31.7 Å². The first-order chi connectivity index (χ1) is 10.5. The van der Waals surface area contributed by atoms with Crippen LogP contribution in [-0.2, 0) is 21.4 Å². The Hall–Kier alpha value is -1.41. The zero-order valence-corrected chi connectivity index (χ0v) is 13.6. The van der Waals surface area contributed by atoms with Crippen LogP contribution in [0.3, 0.4) is 0 Å². The van der Waals surface area contributed by atoms with Crippen LogP contribution in [-0.4, -0.2) is 64.7 Å². The van der Waals surface area contributed by atoms with E-state index in [9.17, 15) is 13.2 Å². The third-order valence-electron chi connectivity index (χ3n) is 4.37. The predicted octanol–water partition coefficient (Wildman–Crippen LogP) is 0.218. The van der Waals surface area contributed by atoms with Crippen molar-refractivity contribution < 1.29 is 13.2 Å². The molecule has 2 saturated heterocycles. The number of aryl methyl sites for hydroxylation is 1. The molecule has 1 aromatic heterocycles. The maximum atomic E-state index is 12.5. The lowest BCUT2D eigenvalue weighted by Crippen LogP contribution is -2.44. The summed E-state index contributed by atoms with van der Waals surface area (Å²) in [4.78, 5) is 14.3. The Kier molecular flexibility index (Phi) is 4.22. The lowest BCUT2D eigenvalue weighted by Gasteiger charge is -2.26. The zero-order chi connectivity index (χ0) is 15.7. The standard InChI is InChI=1S/C14H22N4O3S/c1-12-8-15-16(9-12)10-13-4-2-6-18(13)14(19)11-17-5-3-7-22(17,20)21/h8-9,13H,2-7,10-11H2,1H3/t13-/m0/s1. The van der Waals surface area contributed by atoms with Crippen molar-refractivity contribution in [1.82, 2.24) is 19.0 Å². The summed E-state index contributed by atoms with van der Waals surface area (Å²) in [6, 6.07) is 0.108. The molecule has 3 rings (SSSR count). The summed E-state index contributed by atoms with van der Waals surface area (Å²) < 4.78 is 26.8. The van der Waals surface area contributed by atoms with Gasteiger partial charge in [-0.1, -0.05) is 0 Å². The van der Waals surface area contributed by atoms with Crippen LogP contribution >= 0.6 is 0 Å². The van der Waals surface area contributed by atoms with E-state index < -0.39 is 10.0 Å². The highest BCUT2D eigenvalue weighted by molar-refractivity contribution is 7.89. The van der Waals surface area contributed by atoms with E-state index >= 15 is 0 Å². The molecule has 0 spiro atoms. The van der Waals surface area contributed by atoms with Crippen LogP contribution in [0.4, 0.5) is 0 Å². The van der Waals surface area contributed by atoms with Crippen molar-refractivity contribution in [2.75, 3.05) is 25.4 Å². The maximum absolute atomic E-state index is 12.5. The Labute approximate surface area is 130 Å². The number of rotatable bonds is 4. The van der Waals surface area contributed by atoms with Crippen LogP contribution in [0, 0.1) is 6.92 Å². The molecular weight excluding hydrogens is 304 g/mol. The molecule has 0 N–H and O–H groups in total. The van der Waals surface area contributed by atoms with Crippen LogP contribution in [0.2, 0.25) is 0 Å². The molecule has 0 aromatic carbocycles. The summed E-state index contributed by atoms with van der Waals surface area (Å²) in [5.41, 5.74) is 1.10. The number of hydrogen-bond acceptors (Lipinski definition) is 4. The number of amides is 1. The Morgan fingerprint density at radius 2 is 2.18 bits per heavy atom. The van der Waals surface area contributed by atoms with Crippen molar-refractivity contribution in [3.63, 3.8) is 0 Å². The number of hydrogen-bond donors (Lipinski definition) is 0. The Morgan fingerprint density at radius 1 is 1.36 bits per heavy atom. The van der Waals surface area contributed by atoms with E-state index in [4.69, 9.17) is 0 Å². The third kappa shape index (κ3) is 3.17. The molecule has 0 saturated carbocycles. The monoisotopic (exact) mass is 326 g/mol. The van der Waals surface area contributed by atoms with E-state index in [-0.39, 0.29) is 24.2 Å². The van der Waals surface area contributed by atoms with Gasteiger partial charge in [0.05, 0.1) is 31.1 Å². The summed E-state index contributed by atoms with van der Waals surface area (Å²) in [5, 5.41) is 4.27. The second-order valence-electron chi connectivity index (χ2n) is 6.13. The van der Waals surface area contributed by atoms with Gasteiger partial charge >= 0.3 is 0 Å². The number of likely N-dealkylation sites (tertiary alicyclic amines) is 1. The summed E-state index contributed by atoms with van der Waals surface area (Å²) >= 11 is 0. The smallest absolute Gasteiger partial charge is 0.238 e. The zero-order valence-electron chi connectivity index (χ0n) is 12.8. The van der Waals surface area contributed by atoms with Gasteiger partial charge in [0.1, 0.15) is 0 Å². The van der Waals surface area contributed by atoms with Crippen molar-refractivity contribution in [3.05, 3.63) is 18.0 Å². The fraction of sp³-hybridized carbons (Fsp3) is 0.714. The number of nitrogens with zero attached hydrogens (tertiary/aromatic N) is 4. The van der Waals surface area contributed by atoms with Crippen molar-refractivity contribution in [2.24, 2.45) is 0 Å². The van der Waals surface area contributed by atoms with Gasteiger partial charge in [-0.3, -0.25) is 9.48 Å². The van der Waals surface area contributed by atoms with Gasteiger partial charge in [0, 0.05) is 19.3 Å². The fourth-order valence-corrected chi connectivity index (χ4v) is 4.71. The molecule has 0 unspecified atom stereocenters. The minimum atomic E-state index is -3.22. The molecular formula is C14H22N4O3S. The molecule has 22 heavy (non-hydrogen) atoms. The Balaban J connectivity index is 1.63. The van der Waals surface area contributed by atoms with Crippen molar-refractivity contribution >= 4 is 15.9 Å². The Morgan fingerprint density at radius 3 is 2.82 bits per heavy atom. The summed E-state index contributed by atoms with van der Waals surface area (Å²) in [6.45, 7) is 3.81. The molecule has 2 aliphatic rings. The second-order valence-corrected chi connectivity index (χ2v) is 8.21. The SMILES string of the molecule is Cc1cnn(C[C@@H]2CCCN2C(=O)CN2CCCS2(=O)=O)c1. The lowest BCUT2D eigenvalue weighted by atomic mass is 10.2. The molecule has 7 nitrogen and oxygen atoms in total. The molecule has 0 radical (unpaired) electrons. The minimum absolute atomic E-state index is 0.0169. The quantitative estimate of drug-likeness (QED) is 0.793. The molecule has 0 aliphatic carbocycles. The molecule has 1 aromatic rings.